The summed E-state index contributed by atoms with van der Waals surface area (Å²) in [6, 6.07) is 5.09. The average Bonchev–Trinajstić information content (AvgIpc) is 2.54. The third-order valence-electron chi connectivity index (χ3n) is 3.06. The first-order valence-electron chi connectivity index (χ1n) is 6.36. The van der Waals surface area contributed by atoms with Crippen LogP contribution in [0.5, 0.6) is 5.75 Å². The van der Waals surface area contributed by atoms with E-state index in [0.717, 1.165) is 6.92 Å². The summed E-state index contributed by atoms with van der Waals surface area (Å²) < 4.78 is 26.1. The fraction of sp³-hybridized carbons (Fsp3) is 0.0714. The number of phenols is 1. The van der Waals surface area contributed by atoms with Gasteiger partial charge >= 0.3 is 0 Å². The topological polar surface area (TPSA) is 74.7 Å². The maximum Gasteiger partial charge on any atom is 0.270 e. The van der Waals surface area contributed by atoms with Gasteiger partial charge in [0.25, 0.3) is 10.0 Å². The summed E-state index contributed by atoms with van der Waals surface area (Å²) in [4.78, 5) is 11.9. The summed E-state index contributed by atoms with van der Waals surface area (Å²) in [5.74, 6) is -1.55. The molecule has 2 aromatic rings. The number of rotatable bonds is 3. The first-order valence-corrected chi connectivity index (χ1v) is 9.69. The van der Waals surface area contributed by atoms with Gasteiger partial charge in [-0.15, -0.1) is 0 Å². The number of phenolic OH excluding ortho intramolecular Hbond substituents is 1. The number of nitrogens with zero attached hydrogens (tertiary/aromatic N) is 1. The lowest BCUT2D eigenvalue weighted by Crippen LogP contribution is -2.35. The van der Waals surface area contributed by atoms with Gasteiger partial charge in [-0.05, 0) is 24.3 Å². The first-order chi connectivity index (χ1) is 11.5. The highest BCUT2D eigenvalue weighted by molar-refractivity contribution is 7.93. The van der Waals surface area contributed by atoms with Crippen LogP contribution in [0.15, 0.2) is 29.2 Å². The van der Waals surface area contributed by atoms with Crippen LogP contribution in [0.1, 0.15) is 6.92 Å². The zero-order chi connectivity index (χ0) is 19.1. The Hall–Kier alpha value is -0.890. The minimum absolute atomic E-state index is 0.237. The van der Waals surface area contributed by atoms with Crippen molar-refractivity contribution in [1.29, 1.82) is 0 Å². The number of carbonyl (C=O) groups is 1. The van der Waals surface area contributed by atoms with Gasteiger partial charge in [0.2, 0.25) is 5.91 Å². The largest absolute Gasteiger partial charge is 0.505 e. The Morgan fingerprint density at radius 2 is 1.36 bits per heavy atom. The molecule has 0 radical (unpaired) electrons. The second kappa shape index (κ2) is 7.39. The van der Waals surface area contributed by atoms with Crippen LogP contribution < -0.4 is 4.31 Å². The number of anilines is 1. The third-order valence-corrected chi connectivity index (χ3v) is 6.76. The molecule has 134 valence electrons. The molecule has 0 saturated heterocycles. The number of hydrogen-bond acceptors (Lipinski definition) is 4. The molecule has 2 rings (SSSR count). The van der Waals surface area contributed by atoms with Gasteiger partial charge in [-0.1, -0.05) is 58.0 Å². The molecule has 11 heteroatoms. The summed E-state index contributed by atoms with van der Waals surface area (Å²) in [6.07, 6.45) is 0. The van der Waals surface area contributed by atoms with Gasteiger partial charge in [-0.3, -0.25) is 4.79 Å². The molecular formula is C14H8Cl5NO4S. The van der Waals surface area contributed by atoms with Gasteiger partial charge in [0.05, 0.1) is 14.9 Å². The van der Waals surface area contributed by atoms with Crippen molar-refractivity contribution in [3.8, 4) is 5.75 Å². The molecule has 0 bridgehead atoms. The van der Waals surface area contributed by atoms with E-state index in [4.69, 9.17) is 58.0 Å². The highest BCUT2D eigenvalue weighted by Crippen LogP contribution is 2.50. The number of sulfonamides is 1. The Morgan fingerprint density at radius 3 is 1.76 bits per heavy atom. The summed E-state index contributed by atoms with van der Waals surface area (Å²) >= 11 is 29.5. The van der Waals surface area contributed by atoms with Gasteiger partial charge in [0.1, 0.15) is 15.7 Å². The first kappa shape index (κ1) is 20.4. The van der Waals surface area contributed by atoms with Gasteiger partial charge < -0.3 is 5.11 Å². The van der Waals surface area contributed by atoms with Gasteiger partial charge in [-0.2, -0.15) is 4.31 Å². The zero-order valence-electron chi connectivity index (χ0n) is 12.2. The van der Waals surface area contributed by atoms with Crippen LogP contribution in [0, 0.1) is 0 Å². The van der Waals surface area contributed by atoms with E-state index < -0.39 is 47.5 Å². The Bertz CT molecular complexity index is 931. The van der Waals surface area contributed by atoms with Crippen molar-refractivity contribution in [2.24, 2.45) is 0 Å². The lowest BCUT2D eigenvalue weighted by molar-refractivity contribution is -0.115. The van der Waals surface area contributed by atoms with Crippen LogP contribution >= 0.6 is 58.0 Å². The second-order valence-electron chi connectivity index (χ2n) is 4.70. The number of benzene rings is 2. The third kappa shape index (κ3) is 3.65. The Labute approximate surface area is 168 Å². The van der Waals surface area contributed by atoms with Crippen LogP contribution in [0.4, 0.5) is 5.69 Å². The van der Waals surface area contributed by atoms with Crippen LogP contribution in [-0.4, -0.2) is 19.4 Å². The summed E-state index contributed by atoms with van der Waals surface area (Å²) in [6.45, 7) is 0.995. The van der Waals surface area contributed by atoms with Crippen molar-refractivity contribution in [2.45, 2.75) is 11.8 Å². The van der Waals surface area contributed by atoms with Crippen molar-refractivity contribution in [3.63, 3.8) is 0 Å². The van der Waals surface area contributed by atoms with E-state index in [2.05, 4.69) is 0 Å². The van der Waals surface area contributed by atoms with E-state index in [9.17, 15) is 18.3 Å². The van der Waals surface area contributed by atoms with Crippen molar-refractivity contribution in [3.05, 3.63) is 49.4 Å². The molecule has 1 N–H and O–H groups in total. The van der Waals surface area contributed by atoms with Crippen molar-refractivity contribution in [2.75, 3.05) is 4.31 Å². The molecule has 5 nitrogen and oxygen atoms in total. The Balaban J connectivity index is 2.81. The molecule has 25 heavy (non-hydrogen) atoms. The van der Waals surface area contributed by atoms with E-state index in [1.165, 1.54) is 24.3 Å². The normalized spacial score (nSPS) is 11.4. The zero-order valence-corrected chi connectivity index (χ0v) is 16.8. The fourth-order valence-corrected chi connectivity index (χ4v) is 4.63. The van der Waals surface area contributed by atoms with Crippen LogP contribution in [0.25, 0.3) is 0 Å². The predicted octanol–water partition coefficient (Wildman–Crippen LogP) is 5.40. The van der Waals surface area contributed by atoms with Crippen molar-refractivity contribution >= 4 is 79.6 Å². The molecular weight excluding hydrogens is 455 g/mol. The molecule has 0 aliphatic rings. The minimum Gasteiger partial charge on any atom is -0.505 e. The second-order valence-corrected chi connectivity index (χ2v) is 8.43. The molecule has 0 heterocycles. The summed E-state index contributed by atoms with van der Waals surface area (Å²) in [5, 5.41) is 8.30. The molecule has 0 atom stereocenters. The standard InChI is InChI=1S/C14H8Cl5NO4S/c1-6(21)20(25(23,24)8-4-2-7(15)3-5-8)13-9(16)11(18)14(22)12(19)10(13)17/h2-5,22H,1H3. The quantitative estimate of drug-likeness (QED) is 0.619. The molecule has 0 unspecified atom stereocenters. The van der Waals surface area contributed by atoms with Gasteiger partial charge in [-0.25, -0.2) is 8.42 Å². The number of carbonyl (C=O) groups excluding carboxylic acids is 1. The molecule has 1 amide bonds. The summed E-state index contributed by atoms with van der Waals surface area (Å²) in [7, 11) is -4.40. The fourth-order valence-electron chi connectivity index (χ4n) is 1.95. The van der Waals surface area contributed by atoms with Crippen LogP contribution in [-0.2, 0) is 14.8 Å². The number of aromatic hydroxyl groups is 1. The lowest BCUT2D eigenvalue weighted by atomic mass is 10.3. The minimum atomic E-state index is -4.40. The van der Waals surface area contributed by atoms with E-state index in [1.807, 2.05) is 0 Å². The maximum absolute atomic E-state index is 12.9. The van der Waals surface area contributed by atoms with E-state index >= 15 is 0 Å². The Kier molecular flexibility index (Phi) is 6.03. The monoisotopic (exact) mass is 461 g/mol. The molecule has 0 aliphatic carbocycles. The molecule has 0 fully saturated rings. The highest BCUT2D eigenvalue weighted by atomic mass is 35.5. The molecule has 0 saturated carbocycles. The predicted molar refractivity (Wildman–Crippen MR) is 99.9 cm³/mol. The van der Waals surface area contributed by atoms with E-state index in [-0.39, 0.29) is 4.90 Å². The summed E-state index contributed by atoms with van der Waals surface area (Å²) in [5.41, 5.74) is -0.460. The maximum atomic E-state index is 12.9. The molecule has 0 aliphatic heterocycles. The highest BCUT2D eigenvalue weighted by Gasteiger charge is 2.35. The average molecular weight is 464 g/mol. The Morgan fingerprint density at radius 1 is 0.920 bits per heavy atom. The molecule has 0 spiro atoms. The van der Waals surface area contributed by atoms with Gasteiger partial charge in [0, 0.05) is 11.9 Å². The van der Waals surface area contributed by atoms with E-state index in [0.29, 0.717) is 9.33 Å². The number of hydrogen-bond donors (Lipinski definition) is 1. The van der Waals surface area contributed by atoms with Gasteiger partial charge in [0.15, 0.2) is 5.75 Å². The van der Waals surface area contributed by atoms with E-state index in [1.54, 1.807) is 0 Å². The van der Waals surface area contributed by atoms with Crippen LogP contribution in [0.2, 0.25) is 25.1 Å². The molecule has 0 aromatic heterocycles. The van der Waals surface area contributed by atoms with Crippen LogP contribution in [0.3, 0.4) is 0 Å². The molecule has 2 aromatic carbocycles. The van der Waals surface area contributed by atoms with Crippen molar-refractivity contribution < 1.29 is 18.3 Å². The number of halogens is 5. The SMILES string of the molecule is CC(=O)N(c1c(Cl)c(Cl)c(O)c(Cl)c1Cl)S(=O)(=O)c1ccc(Cl)cc1. The van der Waals surface area contributed by atoms with Crippen molar-refractivity contribution in [1.82, 2.24) is 0 Å². The lowest BCUT2D eigenvalue weighted by Gasteiger charge is -2.24. The number of amides is 1. The smallest absolute Gasteiger partial charge is 0.270 e.